The molecule has 2 aromatic carbocycles. The number of aromatic nitrogens is 2. The molecule has 0 fully saturated rings. The highest BCUT2D eigenvalue weighted by atomic mass is 32.2. The number of thioether (sulfide) groups is 1. The fraction of sp³-hybridized carbons (Fsp3) is 0.167. The van der Waals surface area contributed by atoms with E-state index in [1.54, 1.807) is 24.3 Å². The monoisotopic (exact) mass is 369 g/mol. The van der Waals surface area contributed by atoms with Gasteiger partial charge < -0.3 is 10.4 Å². The van der Waals surface area contributed by atoms with Crippen LogP contribution in [0.3, 0.4) is 0 Å². The molecule has 1 amide bonds. The number of hydrogen-bond donors (Lipinski definition) is 2. The fourth-order valence-electron chi connectivity index (χ4n) is 2.70. The standard InChI is InChI=1S/C18H15N3O2S2/c22-13-8-5-12(6-9-13)17-20-21-18(25-17)24-15-10-7-11-3-1-2-4-14(11)19-16(15)23/h1-6,8-9,15,22H,7,10H2,(H,19,23)/t15-/m0/s1. The fourth-order valence-corrected chi connectivity index (χ4v) is 4.80. The quantitative estimate of drug-likeness (QED) is 0.731. The summed E-state index contributed by atoms with van der Waals surface area (Å²) in [5.41, 5.74) is 2.97. The lowest BCUT2D eigenvalue weighted by Gasteiger charge is -2.10. The van der Waals surface area contributed by atoms with Gasteiger partial charge in [-0.3, -0.25) is 4.79 Å². The number of nitrogens with one attached hydrogen (secondary N) is 1. The molecule has 126 valence electrons. The van der Waals surface area contributed by atoms with E-state index in [9.17, 15) is 9.90 Å². The summed E-state index contributed by atoms with van der Waals surface area (Å²) in [6, 6.07) is 14.8. The number of para-hydroxylation sites is 1. The molecule has 3 aromatic rings. The number of anilines is 1. The summed E-state index contributed by atoms with van der Waals surface area (Å²) < 4.78 is 0.772. The molecule has 1 aliphatic heterocycles. The van der Waals surface area contributed by atoms with E-state index in [2.05, 4.69) is 21.6 Å². The maximum atomic E-state index is 12.5. The first kappa shape index (κ1) is 16.1. The van der Waals surface area contributed by atoms with Crippen molar-refractivity contribution in [2.45, 2.75) is 22.4 Å². The van der Waals surface area contributed by atoms with E-state index in [0.29, 0.717) is 0 Å². The first-order valence-corrected chi connectivity index (χ1v) is 9.57. The summed E-state index contributed by atoms with van der Waals surface area (Å²) in [6.07, 6.45) is 1.62. The van der Waals surface area contributed by atoms with Crippen LogP contribution in [0.25, 0.3) is 10.6 Å². The Morgan fingerprint density at radius 2 is 1.92 bits per heavy atom. The molecule has 1 atom stereocenters. The van der Waals surface area contributed by atoms with E-state index in [0.717, 1.165) is 33.4 Å². The zero-order chi connectivity index (χ0) is 17.2. The molecule has 0 bridgehead atoms. The Balaban J connectivity index is 1.49. The van der Waals surface area contributed by atoms with Crippen LogP contribution in [0, 0.1) is 0 Å². The molecule has 4 rings (SSSR count). The maximum Gasteiger partial charge on any atom is 0.237 e. The number of phenolic OH excluding ortho intramolecular Hbond substituents is 1. The maximum absolute atomic E-state index is 12.5. The van der Waals surface area contributed by atoms with E-state index in [1.165, 1.54) is 28.7 Å². The molecule has 1 aromatic heterocycles. The molecule has 0 radical (unpaired) electrons. The van der Waals surface area contributed by atoms with Crippen molar-refractivity contribution in [3.63, 3.8) is 0 Å². The predicted octanol–water partition coefficient (Wildman–Crippen LogP) is 3.96. The second-order valence-electron chi connectivity index (χ2n) is 5.71. The molecule has 0 spiro atoms. The number of carbonyl (C=O) groups is 1. The molecule has 5 nitrogen and oxygen atoms in total. The van der Waals surface area contributed by atoms with Gasteiger partial charge in [0.25, 0.3) is 0 Å². The zero-order valence-electron chi connectivity index (χ0n) is 13.2. The first-order valence-electron chi connectivity index (χ1n) is 7.87. The summed E-state index contributed by atoms with van der Waals surface area (Å²) >= 11 is 2.92. The van der Waals surface area contributed by atoms with Crippen LogP contribution in [0.1, 0.15) is 12.0 Å². The van der Waals surface area contributed by atoms with Gasteiger partial charge in [-0.2, -0.15) is 0 Å². The molecule has 2 heterocycles. The van der Waals surface area contributed by atoms with Gasteiger partial charge in [0.2, 0.25) is 5.91 Å². The summed E-state index contributed by atoms with van der Waals surface area (Å²) in [4.78, 5) is 12.5. The third-order valence-corrected chi connectivity index (χ3v) is 6.33. The number of nitrogens with zero attached hydrogens (tertiary/aromatic N) is 2. The topological polar surface area (TPSA) is 75.1 Å². The highest BCUT2D eigenvalue weighted by Gasteiger charge is 2.25. The van der Waals surface area contributed by atoms with Crippen LogP contribution in [0.4, 0.5) is 5.69 Å². The van der Waals surface area contributed by atoms with E-state index in [-0.39, 0.29) is 16.9 Å². The molecule has 0 unspecified atom stereocenters. The zero-order valence-corrected chi connectivity index (χ0v) is 14.8. The Kier molecular flexibility index (Phi) is 4.42. The predicted molar refractivity (Wildman–Crippen MR) is 100 cm³/mol. The van der Waals surface area contributed by atoms with Crippen molar-refractivity contribution in [2.24, 2.45) is 0 Å². The van der Waals surface area contributed by atoms with Crippen LogP contribution in [0.5, 0.6) is 5.75 Å². The molecule has 0 saturated carbocycles. The van der Waals surface area contributed by atoms with Crippen molar-refractivity contribution in [2.75, 3.05) is 5.32 Å². The third kappa shape index (κ3) is 3.52. The number of aryl methyl sites for hydroxylation is 1. The van der Waals surface area contributed by atoms with E-state index in [1.807, 2.05) is 18.2 Å². The second kappa shape index (κ2) is 6.85. The van der Waals surface area contributed by atoms with Gasteiger partial charge in [0.05, 0.1) is 5.25 Å². The minimum atomic E-state index is -0.187. The smallest absolute Gasteiger partial charge is 0.237 e. The van der Waals surface area contributed by atoms with Gasteiger partial charge in [0, 0.05) is 11.3 Å². The van der Waals surface area contributed by atoms with Crippen LogP contribution < -0.4 is 5.32 Å². The minimum absolute atomic E-state index is 0.0105. The van der Waals surface area contributed by atoms with Crippen molar-refractivity contribution >= 4 is 34.7 Å². The van der Waals surface area contributed by atoms with Crippen LogP contribution in [0.15, 0.2) is 52.9 Å². The van der Waals surface area contributed by atoms with E-state index >= 15 is 0 Å². The Morgan fingerprint density at radius 3 is 2.76 bits per heavy atom. The SMILES string of the molecule is O=C1Nc2ccccc2CC[C@@H]1Sc1nnc(-c2ccc(O)cc2)s1. The van der Waals surface area contributed by atoms with E-state index in [4.69, 9.17) is 0 Å². The van der Waals surface area contributed by atoms with Crippen molar-refractivity contribution in [3.8, 4) is 16.3 Å². The number of phenols is 1. The summed E-state index contributed by atoms with van der Waals surface area (Å²) in [7, 11) is 0. The number of amides is 1. The van der Waals surface area contributed by atoms with Gasteiger partial charge in [-0.05, 0) is 48.7 Å². The molecule has 0 aliphatic carbocycles. The number of hydrogen-bond acceptors (Lipinski definition) is 6. The second-order valence-corrected chi connectivity index (χ2v) is 8.14. The Bertz CT molecular complexity index is 909. The van der Waals surface area contributed by atoms with Gasteiger partial charge in [0.1, 0.15) is 10.8 Å². The van der Waals surface area contributed by atoms with Crippen LogP contribution in [0.2, 0.25) is 0 Å². The molecular weight excluding hydrogens is 354 g/mol. The average molecular weight is 369 g/mol. The lowest BCUT2D eigenvalue weighted by Crippen LogP contribution is -2.23. The number of carbonyl (C=O) groups excluding carboxylic acids is 1. The summed E-state index contributed by atoms with van der Waals surface area (Å²) in [6.45, 7) is 0. The Morgan fingerprint density at radius 1 is 1.12 bits per heavy atom. The van der Waals surface area contributed by atoms with Crippen molar-refractivity contribution < 1.29 is 9.90 Å². The van der Waals surface area contributed by atoms with Crippen LogP contribution in [-0.2, 0) is 11.2 Å². The van der Waals surface area contributed by atoms with Gasteiger partial charge in [-0.1, -0.05) is 41.3 Å². The lowest BCUT2D eigenvalue weighted by atomic mass is 10.1. The van der Waals surface area contributed by atoms with E-state index < -0.39 is 0 Å². The summed E-state index contributed by atoms with van der Waals surface area (Å²) in [5.74, 6) is 0.230. The number of rotatable bonds is 3. The molecule has 1 aliphatic rings. The molecule has 0 saturated heterocycles. The molecule has 7 heteroatoms. The number of fused-ring (bicyclic) bond motifs is 1. The average Bonchev–Trinajstić information content (AvgIpc) is 3.02. The van der Waals surface area contributed by atoms with Crippen molar-refractivity contribution in [3.05, 3.63) is 54.1 Å². The number of benzene rings is 2. The van der Waals surface area contributed by atoms with Crippen LogP contribution in [-0.4, -0.2) is 26.5 Å². The first-order chi connectivity index (χ1) is 12.2. The molecular formula is C18H15N3O2S2. The Hall–Kier alpha value is -2.38. The lowest BCUT2D eigenvalue weighted by molar-refractivity contribution is -0.115. The molecule has 2 N–H and O–H groups in total. The van der Waals surface area contributed by atoms with Gasteiger partial charge in [-0.25, -0.2) is 0 Å². The van der Waals surface area contributed by atoms with Gasteiger partial charge in [-0.15, -0.1) is 10.2 Å². The van der Waals surface area contributed by atoms with Gasteiger partial charge in [0.15, 0.2) is 4.34 Å². The number of aromatic hydroxyl groups is 1. The van der Waals surface area contributed by atoms with Gasteiger partial charge >= 0.3 is 0 Å². The molecule has 25 heavy (non-hydrogen) atoms. The largest absolute Gasteiger partial charge is 0.508 e. The van der Waals surface area contributed by atoms with Crippen LogP contribution >= 0.6 is 23.1 Å². The van der Waals surface area contributed by atoms with Crippen molar-refractivity contribution in [1.29, 1.82) is 0 Å². The highest BCUT2D eigenvalue weighted by molar-refractivity contribution is 8.02. The van der Waals surface area contributed by atoms with Crippen molar-refractivity contribution in [1.82, 2.24) is 10.2 Å². The third-order valence-electron chi connectivity index (χ3n) is 4.01. The normalized spacial score (nSPS) is 16.8. The highest BCUT2D eigenvalue weighted by Crippen LogP contribution is 2.35. The summed E-state index contributed by atoms with van der Waals surface area (Å²) in [5, 5.41) is 21.4. The minimum Gasteiger partial charge on any atom is -0.508 e. The Labute approximate surface area is 153 Å².